The maximum Gasteiger partial charge on any atom is 0.408 e. The predicted molar refractivity (Wildman–Crippen MR) is 174 cm³/mol. The zero-order valence-electron chi connectivity index (χ0n) is 27.8. The number of carbonyl (C=O) groups is 3. The van der Waals surface area contributed by atoms with Crippen LogP contribution in [0.1, 0.15) is 65.4 Å². The van der Waals surface area contributed by atoms with Crippen molar-refractivity contribution in [2.45, 2.75) is 72.1 Å². The van der Waals surface area contributed by atoms with Gasteiger partial charge in [0.2, 0.25) is 11.8 Å². The van der Waals surface area contributed by atoms with Gasteiger partial charge in [0.1, 0.15) is 30.1 Å². The highest BCUT2D eigenvalue weighted by atomic mass is 19.1. The van der Waals surface area contributed by atoms with Gasteiger partial charge in [-0.05, 0) is 56.4 Å². The molecule has 5 N–H and O–H groups in total. The van der Waals surface area contributed by atoms with E-state index in [1.165, 1.54) is 4.90 Å². The highest BCUT2D eigenvalue weighted by molar-refractivity contribution is 5.86. The van der Waals surface area contributed by atoms with Crippen LogP contribution >= 0.6 is 0 Å². The molecule has 256 valence electrons. The summed E-state index contributed by atoms with van der Waals surface area (Å²) in [5, 5.41) is 22.9. The molecule has 11 nitrogen and oxygen atoms in total. The number of aliphatic hydroxyl groups is 1. The van der Waals surface area contributed by atoms with E-state index >= 15 is 0 Å². The normalized spacial score (nSPS) is 13.1. The minimum Gasteiger partial charge on any atom is -0.465 e. The standard InChI is InChI=1S/C34H46F2N6O5/c1-33(2,3)29(41(28(44)21-43)17-14-27(31(45)38-16-15-37)42(32(46)47)34(4,5)6)30-39-26(24-18-23(35)12-13-25(24)36)20-40(30)19-22-10-8-7-9-11-22/h7-13,18,20,27,29,43H,14-17,19,21,37H2,1-6H3,(H,38,45)(H,46,47)/t27-,29-/m0/s1. The molecule has 0 spiro atoms. The fourth-order valence-corrected chi connectivity index (χ4v) is 5.70. The molecule has 2 aromatic carbocycles. The van der Waals surface area contributed by atoms with E-state index in [1.807, 2.05) is 51.1 Å². The molecular weight excluding hydrogens is 610 g/mol. The third-order valence-electron chi connectivity index (χ3n) is 7.67. The Kier molecular flexibility index (Phi) is 12.2. The number of halogens is 2. The number of rotatable bonds is 13. The van der Waals surface area contributed by atoms with Gasteiger partial charge in [0.15, 0.2) is 0 Å². The van der Waals surface area contributed by atoms with Crippen LogP contribution in [0.2, 0.25) is 0 Å². The number of carboxylic acid groups (broad SMARTS) is 1. The van der Waals surface area contributed by atoms with Crippen LogP contribution in [0.25, 0.3) is 11.3 Å². The van der Waals surface area contributed by atoms with Crippen LogP contribution in [0, 0.1) is 17.0 Å². The largest absolute Gasteiger partial charge is 0.465 e. The van der Waals surface area contributed by atoms with Crippen molar-refractivity contribution in [3.63, 3.8) is 0 Å². The summed E-state index contributed by atoms with van der Waals surface area (Å²) < 4.78 is 31.0. The number of amides is 3. The third kappa shape index (κ3) is 9.35. The number of nitrogens with one attached hydrogen (secondary N) is 1. The molecule has 0 aliphatic carbocycles. The number of benzene rings is 2. The zero-order valence-corrected chi connectivity index (χ0v) is 27.8. The maximum absolute atomic E-state index is 15.0. The van der Waals surface area contributed by atoms with Crippen molar-refractivity contribution in [1.82, 2.24) is 24.7 Å². The second kappa shape index (κ2) is 15.5. The van der Waals surface area contributed by atoms with Crippen LogP contribution in [0.5, 0.6) is 0 Å². The molecule has 0 fully saturated rings. The number of carbonyl (C=O) groups excluding carboxylic acids is 2. The summed E-state index contributed by atoms with van der Waals surface area (Å²) in [6.45, 7) is 10.1. The van der Waals surface area contributed by atoms with Gasteiger partial charge < -0.3 is 30.7 Å². The molecule has 1 heterocycles. The lowest BCUT2D eigenvalue weighted by molar-refractivity contribution is -0.141. The first-order valence-electron chi connectivity index (χ1n) is 15.5. The second-order valence-electron chi connectivity index (χ2n) is 13.4. The Morgan fingerprint density at radius 3 is 2.26 bits per heavy atom. The molecule has 0 aliphatic heterocycles. The van der Waals surface area contributed by atoms with Gasteiger partial charge in [-0.3, -0.25) is 14.5 Å². The molecule has 0 aliphatic rings. The number of hydrogen-bond donors (Lipinski definition) is 4. The highest BCUT2D eigenvalue weighted by Gasteiger charge is 2.41. The molecule has 1 aromatic heterocycles. The lowest BCUT2D eigenvalue weighted by Crippen LogP contribution is -2.58. The first kappa shape index (κ1) is 37.1. The topological polar surface area (TPSA) is 154 Å². The number of aliphatic hydroxyl groups excluding tert-OH is 1. The summed E-state index contributed by atoms with van der Waals surface area (Å²) in [7, 11) is 0. The lowest BCUT2D eigenvalue weighted by Gasteiger charge is -2.42. The predicted octanol–water partition coefficient (Wildman–Crippen LogP) is 4.40. The SMILES string of the molecule is CC(C)(C)[C@H](c1nc(-c2cc(F)ccc2F)cn1Cc1ccccc1)N(CC[C@@H](C(=O)NCCN)N(C(=O)O)C(C)(C)C)C(=O)CO. The van der Waals surface area contributed by atoms with Gasteiger partial charge in [-0.1, -0.05) is 51.1 Å². The summed E-state index contributed by atoms with van der Waals surface area (Å²) in [6.07, 6.45) is 0.149. The fraction of sp³-hybridized carbons (Fsp3) is 0.471. The lowest BCUT2D eigenvalue weighted by atomic mass is 9.84. The fourth-order valence-electron chi connectivity index (χ4n) is 5.70. The van der Waals surface area contributed by atoms with Gasteiger partial charge in [0, 0.05) is 43.5 Å². The smallest absolute Gasteiger partial charge is 0.408 e. The van der Waals surface area contributed by atoms with Crippen molar-refractivity contribution in [1.29, 1.82) is 0 Å². The number of aromatic nitrogens is 2. The third-order valence-corrected chi connectivity index (χ3v) is 7.67. The quantitative estimate of drug-likeness (QED) is 0.213. The van der Waals surface area contributed by atoms with Gasteiger partial charge in [0.05, 0.1) is 11.7 Å². The minimum atomic E-state index is -1.32. The Morgan fingerprint density at radius 2 is 1.70 bits per heavy atom. The number of nitrogens with zero attached hydrogens (tertiary/aromatic N) is 4. The summed E-state index contributed by atoms with van der Waals surface area (Å²) in [6, 6.07) is 10.4. The summed E-state index contributed by atoms with van der Waals surface area (Å²) >= 11 is 0. The van der Waals surface area contributed by atoms with Crippen LogP contribution < -0.4 is 11.1 Å². The van der Waals surface area contributed by atoms with E-state index in [1.54, 1.807) is 31.5 Å². The Labute approximate surface area is 274 Å². The maximum atomic E-state index is 15.0. The number of hydrogen-bond acceptors (Lipinski definition) is 6. The Morgan fingerprint density at radius 1 is 1.04 bits per heavy atom. The molecule has 3 rings (SSSR count). The summed E-state index contributed by atoms with van der Waals surface area (Å²) in [5.41, 5.74) is 4.80. The van der Waals surface area contributed by atoms with Crippen LogP contribution in [0.3, 0.4) is 0 Å². The molecule has 0 radical (unpaired) electrons. The highest BCUT2D eigenvalue weighted by Crippen LogP contribution is 2.40. The number of imidazole rings is 1. The molecule has 3 aromatic rings. The van der Waals surface area contributed by atoms with Crippen LogP contribution in [-0.4, -0.2) is 85.3 Å². The monoisotopic (exact) mass is 656 g/mol. The molecule has 47 heavy (non-hydrogen) atoms. The van der Waals surface area contributed by atoms with E-state index in [9.17, 15) is 33.4 Å². The molecule has 0 unspecified atom stereocenters. The van der Waals surface area contributed by atoms with Crippen LogP contribution in [0.15, 0.2) is 54.7 Å². The van der Waals surface area contributed by atoms with Crippen molar-refractivity contribution in [2.24, 2.45) is 11.1 Å². The first-order valence-corrected chi connectivity index (χ1v) is 15.5. The van der Waals surface area contributed by atoms with E-state index in [0.29, 0.717) is 5.82 Å². The zero-order chi connectivity index (χ0) is 35.1. The Balaban J connectivity index is 2.19. The first-order chi connectivity index (χ1) is 22.0. The van der Waals surface area contributed by atoms with Crippen molar-refractivity contribution in [2.75, 3.05) is 26.2 Å². The van der Waals surface area contributed by atoms with Crippen molar-refractivity contribution < 1.29 is 33.4 Å². The average Bonchev–Trinajstić information content (AvgIpc) is 3.39. The van der Waals surface area contributed by atoms with E-state index in [-0.39, 0.29) is 43.9 Å². The molecule has 2 atom stereocenters. The van der Waals surface area contributed by atoms with E-state index in [2.05, 4.69) is 5.32 Å². The number of nitrogens with two attached hydrogens (primary N) is 1. The van der Waals surface area contributed by atoms with Crippen molar-refractivity contribution in [3.05, 3.63) is 77.8 Å². The van der Waals surface area contributed by atoms with Crippen molar-refractivity contribution >= 4 is 17.9 Å². The summed E-state index contributed by atoms with van der Waals surface area (Å²) in [4.78, 5) is 46.5. The Hall–Kier alpha value is -4.36. The van der Waals surface area contributed by atoms with Crippen LogP contribution in [-0.2, 0) is 16.1 Å². The molecule has 3 amide bonds. The van der Waals surface area contributed by atoms with Gasteiger partial charge >= 0.3 is 6.09 Å². The van der Waals surface area contributed by atoms with Crippen LogP contribution in [0.4, 0.5) is 13.6 Å². The molecular formula is C34H46F2N6O5. The average molecular weight is 657 g/mol. The van der Waals surface area contributed by atoms with E-state index < -0.39 is 59.2 Å². The van der Waals surface area contributed by atoms with E-state index in [0.717, 1.165) is 28.7 Å². The second-order valence-corrected chi connectivity index (χ2v) is 13.4. The molecule has 0 saturated heterocycles. The minimum absolute atomic E-state index is 0.0651. The molecule has 0 bridgehead atoms. The van der Waals surface area contributed by atoms with Crippen molar-refractivity contribution in [3.8, 4) is 11.3 Å². The Bertz CT molecular complexity index is 1530. The van der Waals surface area contributed by atoms with E-state index in [4.69, 9.17) is 10.7 Å². The van der Waals surface area contributed by atoms with Gasteiger partial charge in [-0.25, -0.2) is 18.6 Å². The van der Waals surface area contributed by atoms with Gasteiger partial charge in [-0.15, -0.1) is 0 Å². The van der Waals surface area contributed by atoms with Gasteiger partial charge in [0.25, 0.3) is 0 Å². The summed E-state index contributed by atoms with van der Waals surface area (Å²) in [5.74, 6) is -2.26. The van der Waals surface area contributed by atoms with Gasteiger partial charge in [-0.2, -0.15) is 0 Å². The molecule has 13 heteroatoms. The molecule has 0 saturated carbocycles.